The van der Waals surface area contributed by atoms with Crippen LogP contribution in [0.4, 0.5) is 17.3 Å². The average Bonchev–Trinajstić information content (AvgIpc) is 3.52. The van der Waals surface area contributed by atoms with Crippen LogP contribution < -0.4 is 37.7 Å². The number of phenols is 2. The summed E-state index contributed by atoms with van der Waals surface area (Å²) in [4.78, 5) is 79.8. The Morgan fingerprint density at radius 2 is 1.57 bits per heavy atom. The van der Waals surface area contributed by atoms with Crippen LogP contribution in [-0.4, -0.2) is 88.2 Å². The number of benzene rings is 4. The molecule has 4 heterocycles. The fourth-order valence-corrected chi connectivity index (χ4v) is 7.70. The number of carbonyl (C=O) groups is 4. The number of anilines is 3. The van der Waals surface area contributed by atoms with E-state index in [0.717, 1.165) is 4.90 Å². The number of H-pyrrole nitrogens is 1. The molecule has 21 heteroatoms. The smallest absolute Gasteiger partial charge is 0.340 e. The van der Waals surface area contributed by atoms with Gasteiger partial charge in [0.05, 0.1) is 24.0 Å². The Morgan fingerprint density at radius 1 is 0.905 bits per heavy atom. The summed E-state index contributed by atoms with van der Waals surface area (Å²) in [5.41, 5.74) is 12.2. The van der Waals surface area contributed by atoms with Gasteiger partial charge in [0.2, 0.25) is 11.9 Å². The van der Waals surface area contributed by atoms with Crippen LogP contribution in [-0.2, 0) is 26.5 Å². The van der Waals surface area contributed by atoms with Gasteiger partial charge in [-0.15, -0.1) is 0 Å². The lowest BCUT2D eigenvalue weighted by Crippen LogP contribution is -2.49. The van der Waals surface area contributed by atoms with Crippen LogP contribution in [0, 0.1) is 0 Å². The van der Waals surface area contributed by atoms with Gasteiger partial charge in [-0.2, -0.15) is 4.98 Å². The Kier molecular flexibility index (Phi) is 10.9. The van der Waals surface area contributed by atoms with Crippen molar-refractivity contribution in [1.82, 2.24) is 30.2 Å². The van der Waals surface area contributed by atoms with Crippen molar-refractivity contribution in [1.29, 1.82) is 0 Å². The highest BCUT2D eigenvalue weighted by Crippen LogP contribution is 2.57. The van der Waals surface area contributed by atoms with Gasteiger partial charge in [-0.3, -0.25) is 19.4 Å². The molecule has 2 amide bonds. The van der Waals surface area contributed by atoms with Crippen molar-refractivity contribution in [2.24, 2.45) is 5.73 Å². The number of phenolic OH excluding ortho intramolecular Hbond substituents is 2. The maximum atomic E-state index is 13.9. The van der Waals surface area contributed by atoms with Crippen LogP contribution in [0.25, 0.3) is 11.2 Å². The number of carboxylic acid groups (broad SMARTS) is 1. The summed E-state index contributed by atoms with van der Waals surface area (Å²) < 4.78 is 12.1. The van der Waals surface area contributed by atoms with Crippen molar-refractivity contribution in [3.05, 3.63) is 129 Å². The number of ether oxygens (including phenoxy) is 2. The first kappa shape index (κ1) is 41.4. The number of esters is 1. The van der Waals surface area contributed by atoms with Crippen LogP contribution in [0.1, 0.15) is 55.9 Å². The molecule has 320 valence electrons. The molecule has 0 radical (unpaired) electrons. The van der Waals surface area contributed by atoms with Crippen molar-refractivity contribution in [3.8, 4) is 23.0 Å². The van der Waals surface area contributed by atoms with Crippen LogP contribution in [0.5, 0.6) is 23.0 Å². The minimum absolute atomic E-state index is 0.0178. The Labute approximate surface area is 360 Å². The number of aromatic hydroxyl groups is 2. The minimum Gasteiger partial charge on any atom is -0.508 e. The molecule has 0 saturated heterocycles. The standard InChI is InChI=1S/C42H36N10O10S/c43-33(55)12-11-30(38(58)59)52(37(57)20-1-3-21(4-2-20)46-18-23-19-47-35-34(48-23)36(56)51-40(44)50-35)14-13-45-41(63)49-22-5-8-27-26(15-22)39(60)62-42(27)28-9-6-24(53)16-31(28)61-32-17-25(54)7-10-29(32)42/h1-10,15-17,19,30,46,53-54H,11-14,18H2,(H2,43,55)(H,58,59)(H2,45,49,63)(H3,44,47,50,51,56)/t30-/m0/s1. The molecule has 20 nitrogen and oxygen atoms in total. The number of rotatable bonds is 13. The summed E-state index contributed by atoms with van der Waals surface area (Å²) >= 11 is 5.54. The molecule has 0 fully saturated rings. The van der Waals surface area contributed by atoms with E-state index in [9.17, 15) is 39.3 Å². The second-order valence-corrected chi connectivity index (χ2v) is 14.9. The summed E-state index contributed by atoms with van der Waals surface area (Å²) in [5, 5.41) is 39.8. The van der Waals surface area contributed by atoms with E-state index >= 15 is 0 Å². The van der Waals surface area contributed by atoms with Crippen LogP contribution in [0.2, 0.25) is 0 Å². The maximum absolute atomic E-state index is 13.9. The molecular formula is C42H36N10O10S. The van der Waals surface area contributed by atoms with Gasteiger partial charge in [0.1, 0.15) is 29.0 Å². The Hall–Kier alpha value is -8.33. The van der Waals surface area contributed by atoms with E-state index in [1.165, 1.54) is 42.6 Å². The largest absolute Gasteiger partial charge is 0.508 e. The van der Waals surface area contributed by atoms with E-state index in [4.69, 9.17) is 33.2 Å². The first-order valence-electron chi connectivity index (χ1n) is 19.1. The lowest BCUT2D eigenvalue weighted by molar-refractivity contribution is -0.142. The number of nitrogens with one attached hydrogen (secondary N) is 4. The SMILES string of the molecule is NC(=O)CC[C@@H](C(=O)O)N(CCNC(=S)Nc1ccc2c(c1)C(=O)OC21c2ccc(O)cc2Oc2cc(O)ccc21)C(=O)c1ccc(NCc2cnc3nc(N)[nH]c(=O)c3n2)cc1. The van der Waals surface area contributed by atoms with Gasteiger partial charge < -0.3 is 57.1 Å². The van der Waals surface area contributed by atoms with E-state index in [0.29, 0.717) is 33.8 Å². The van der Waals surface area contributed by atoms with Gasteiger partial charge in [0.15, 0.2) is 21.9 Å². The quantitative estimate of drug-likeness (QED) is 0.0595. The third-order valence-electron chi connectivity index (χ3n) is 10.3. The van der Waals surface area contributed by atoms with Crippen molar-refractivity contribution in [2.75, 3.05) is 29.5 Å². The summed E-state index contributed by atoms with van der Waals surface area (Å²) in [7, 11) is 0. The number of nitrogen functional groups attached to an aromatic ring is 1. The lowest BCUT2D eigenvalue weighted by Gasteiger charge is -2.36. The fraction of sp³-hybridized carbons (Fsp3) is 0.167. The van der Waals surface area contributed by atoms with Crippen LogP contribution >= 0.6 is 12.2 Å². The Balaban J connectivity index is 0.955. The van der Waals surface area contributed by atoms with Gasteiger partial charge in [-0.1, -0.05) is 6.07 Å². The number of aliphatic carboxylic acids is 1. The summed E-state index contributed by atoms with van der Waals surface area (Å²) in [5.74, 6) is -3.14. The fourth-order valence-electron chi connectivity index (χ4n) is 7.48. The molecule has 1 spiro atoms. The molecule has 0 bridgehead atoms. The third-order valence-corrected chi connectivity index (χ3v) is 10.6. The van der Waals surface area contributed by atoms with E-state index in [-0.39, 0.29) is 88.8 Å². The van der Waals surface area contributed by atoms with Crippen molar-refractivity contribution < 1.29 is 44.0 Å². The number of hydrogen-bond donors (Lipinski definition) is 9. The van der Waals surface area contributed by atoms with Gasteiger partial charge in [-0.05, 0) is 79.3 Å². The van der Waals surface area contributed by atoms with E-state index in [1.54, 1.807) is 42.5 Å². The number of nitrogens with zero attached hydrogens (tertiary/aromatic N) is 4. The molecular weight excluding hydrogens is 837 g/mol. The van der Waals surface area contributed by atoms with Crippen molar-refractivity contribution in [3.63, 3.8) is 0 Å². The van der Waals surface area contributed by atoms with E-state index < -0.39 is 41.0 Å². The molecule has 0 unspecified atom stereocenters. The highest BCUT2D eigenvalue weighted by molar-refractivity contribution is 7.80. The first-order chi connectivity index (χ1) is 30.2. The van der Waals surface area contributed by atoms with Gasteiger partial charge in [0.25, 0.3) is 11.5 Å². The number of carboxylic acids is 1. The molecule has 63 heavy (non-hydrogen) atoms. The maximum Gasteiger partial charge on any atom is 0.340 e. The number of aromatic amines is 1. The third kappa shape index (κ3) is 8.14. The molecule has 2 aromatic heterocycles. The van der Waals surface area contributed by atoms with Gasteiger partial charge in [-0.25, -0.2) is 19.6 Å². The summed E-state index contributed by atoms with van der Waals surface area (Å²) in [6.07, 6.45) is 0.905. The highest BCUT2D eigenvalue weighted by Gasteiger charge is 2.53. The second kappa shape index (κ2) is 16.6. The van der Waals surface area contributed by atoms with Crippen molar-refractivity contribution >= 4 is 69.6 Å². The van der Waals surface area contributed by atoms with E-state index in [2.05, 4.69) is 35.9 Å². The zero-order chi connectivity index (χ0) is 44.6. The van der Waals surface area contributed by atoms with Gasteiger partial charge in [0, 0.05) is 65.3 Å². The van der Waals surface area contributed by atoms with Crippen molar-refractivity contribution in [2.45, 2.75) is 31.0 Å². The predicted octanol–water partition coefficient (Wildman–Crippen LogP) is 3.03. The van der Waals surface area contributed by atoms with E-state index in [1.807, 2.05) is 0 Å². The number of carbonyl (C=O) groups excluding carboxylic acids is 3. The molecule has 0 saturated carbocycles. The predicted molar refractivity (Wildman–Crippen MR) is 229 cm³/mol. The summed E-state index contributed by atoms with van der Waals surface area (Å²) in [6, 6.07) is 18.6. The summed E-state index contributed by atoms with van der Waals surface area (Å²) in [6.45, 7) is -0.0343. The van der Waals surface area contributed by atoms with Crippen LogP contribution in [0.3, 0.4) is 0 Å². The molecule has 8 rings (SSSR count). The molecule has 0 aliphatic carbocycles. The number of thiocarbonyl (C=S) groups is 1. The number of nitrogens with two attached hydrogens (primary N) is 2. The molecule has 4 aromatic carbocycles. The monoisotopic (exact) mass is 872 g/mol. The van der Waals surface area contributed by atoms with Gasteiger partial charge >= 0.3 is 11.9 Å². The molecule has 11 N–H and O–H groups in total. The topological polar surface area (TPSA) is 310 Å². The Bertz CT molecular complexity index is 2880. The second-order valence-electron chi connectivity index (χ2n) is 14.4. The van der Waals surface area contributed by atoms with Crippen LogP contribution in [0.15, 0.2) is 89.9 Å². The zero-order valence-electron chi connectivity index (χ0n) is 32.7. The minimum atomic E-state index is -1.46. The molecule has 2 aliphatic heterocycles. The molecule has 2 aliphatic rings. The number of primary amides is 1. The average molecular weight is 873 g/mol. The zero-order valence-corrected chi connectivity index (χ0v) is 33.6. The Morgan fingerprint density at radius 3 is 2.24 bits per heavy atom. The number of amides is 2. The number of aromatic nitrogens is 4. The number of fused-ring (bicyclic) bond motifs is 7. The highest BCUT2D eigenvalue weighted by atomic mass is 32.1. The number of hydrogen-bond acceptors (Lipinski definition) is 15. The molecule has 1 atom stereocenters. The normalized spacial score (nSPS) is 13.4. The molecule has 6 aromatic rings. The first-order valence-corrected chi connectivity index (χ1v) is 19.6. The lowest BCUT2D eigenvalue weighted by atomic mass is 9.77.